The maximum Gasteiger partial charge on any atom is 0.213 e. The fourth-order valence-corrected chi connectivity index (χ4v) is 4.93. The fraction of sp³-hybridized carbons (Fsp3) is 0.148. The predicted molar refractivity (Wildman–Crippen MR) is 128 cm³/mol. The minimum Gasteiger partial charge on any atom is -0.464 e. The Balaban J connectivity index is 1.45. The van der Waals surface area contributed by atoms with E-state index in [1.54, 1.807) is 0 Å². The average Bonchev–Trinajstić information content (AvgIpc) is 3.25. The lowest BCUT2D eigenvalue weighted by Gasteiger charge is -2.38. The van der Waals surface area contributed by atoms with Gasteiger partial charge >= 0.3 is 0 Å². The van der Waals surface area contributed by atoms with Crippen molar-refractivity contribution in [1.29, 1.82) is 0 Å². The van der Waals surface area contributed by atoms with E-state index in [0.29, 0.717) is 0 Å². The van der Waals surface area contributed by atoms with Gasteiger partial charge in [-0.15, -0.1) is 0 Å². The van der Waals surface area contributed by atoms with E-state index in [0.717, 1.165) is 27.9 Å². The zero-order valence-electron chi connectivity index (χ0n) is 17.1. The number of hydrogen-bond donors (Lipinski definition) is 0. The molecular formula is C27H21BrN2O. The van der Waals surface area contributed by atoms with Gasteiger partial charge in [0.05, 0.1) is 11.8 Å². The third kappa shape index (κ3) is 3.22. The highest BCUT2D eigenvalue weighted by atomic mass is 79.9. The van der Waals surface area contributed by atoms with E-state index in [9.17, 15) is 0 Å². The van der Waals surface area contributed by atoms with Crippen molar-refractivity contribution in [3.63, 3.8) is 0 Å². The molecule has 2 atom stereocenters. The number of benzene rings is 4. The molecule has 2 heterocycles. The Kier molecular flexibility index (Phi) is 4.35. The van der Waals surface area contributed by atoms with Crippen molar-refractivity contribution in [3.05, 3.63) is 112 Å². The van der Waals surface area contributed by atoms with Gasteiger partial charge in [-0.2, -0.15) is 5.10 Å². The number of nitrogens with zero attached hydrogens (tertiary/aromatic N) is 2. The third-order valence-electron chi connectivity index (χ3n) is 6.20. The Morgan fingerprint density at radius 1 is 0.903 bits per heavy atom. The zero-order valence-corrected chi connectivity index (χ0v) is 18.7. The molecule has 0 aliphatic carbocycles. The largest absolute Gasteiger partial charge is 0.464 e. The van der Waals surface area contributed by atoms with Crippen LogP contribution in [0.2, 0.25) is 0 Å². The van der Waals surface area contributed by atoms with Crippen LogP contribution in [0.5, 0.6) is 5.75 Å². The van der Waals surface area contributed by atoms with Crippen molar-refractivity contribution in [2.75, 3.05) is 0 Å². The van der Waals surface area contributed by atoms with Crippen LogP contribution in [-0.2, 0) is 0 Å². The number of hydrazone groups is 1. The summed E-state index contributed by atoms with van der Waals surface area (Å²) in [6, 6.07) is 30.0. The van der Waals surface area contributed by atoms with E-state index in [-0.39, 0.29) is 12.3 Å². The Labute approximate surface area is 190 Å². The second-order valence-corrected chi connectivity index (χ2v) is 9.19. The second-order valence-electron chi connectivity index (χ2n) is 8.27. The van der Waals surface area contributed by atoms with E-state index in [4.69, 9.17) is 9.84 Å². The van der Waals surface area contributed by atoms with E-state index in [2.05, 4.69) is 107 Å². The molecule has 4 aromatic rings. The molecule has 0 radical (unpaired) electrons. The number of rotatable bonds is 2. The second kappa shape index (κ2) is 7.24. The zero-order chi connectivity index (χ0) is 20.9. The molecule has 0 unspecified atom stereocenters. The van der Waals surface area contributed by atoms with Crippen LogP contribution in [0.1, 0.15) is 40.9 Å². The molecule has 0 amide bonds. The summed E-state index contributed by atoms with van der Waals surface area (Å²) in [5, 5.41) is 9.73. The standard InChI is InChI=1S/C27H21BrN2O/c1-17-6-8-19(9-7-17)27-30-25(23-15-22(28)12-13-26(23)31-27)16-24(29-30)21-11-10-18-4-2-3-5-20(18)14-21/h2-15,25,27H,16H2,1H3/t25-,27-/m1/s1. The molecule has 6 rings (SSSR count). The van der Waals surface area contributed by atoms with Crippen molar-refractivity contribution in [3.8, 4) is 5.75 Å². The molecule has 0 saturated heterocycles. The fourth-order valence-electron chi connectivity index (χ4n) is 4.55. The van der Waals surface area contributed by atoms with Gasteiger partial charge in [-0.05, 0) is 47.5 Å². The summed E-state index contributed by atoms with van der Waals surface area (Å²) in [6.07, 6.45) is 0.616. The summed E-state index contributed by atoms with van der Waals surface area (Å²) < 4.78 is 7.54. The number of hydrogen-bond acceptors (Lipinski definition) is 3. The van der Waals surface area contributed by atoms with Crippen LogP contribution in [0.3, 0.4) is 0 Å². The van der Waals surface area contributed by atoms with E-state index >= 15 is 0 Å². The van der Waals surface area contributed by atoms with Gasteiger partial charge in [0.15, 0.2) is 0 Å². The molecule has 2 aliphatic rings. The van der Waals surface area contributed by atoms with E-state index < -0.39 is 0 Å². The van der Waals surface area contributed by atoms with Crippen LogP contribution < -0.4 is 4.74 Å². The summed E-state index contributed by atoms with van der Waals surface area (Å²) in [5.74, 6) is 0.935. The van der Waals surface area contributed by atoms with E-state index in [1.807, 2.05) is 6.07 Å². The molecule has 0 spiro atoms. The highest BCUT2D eigenvalue weighted by Crippen LogP contribution is 2.48. The minimum atomic E-state index is -0.239. The molecule has 152 valence electrons. The minimum absolute atomic E-state index is 0.147. The Bertz CT molecular complexity index is 1330. The summed E-state index contributed by atoms with van der Waals surface area (Å²) >= 11 is 3.63. The molecular weight excluding hydrogens is 448 g/mol. The first-order valence-electron chi connectivity index (χ1n) is 10.5. The molecule has 4 heteroatoms. The van der Waals surface area contributed by atoms with Gasteiger partial charge in [-0.25, -0.2) is 5.01 Å². The van der Waals surface area contributed by atoms with Gasteiger partial charge in [0, 0.05) is 22.0 Å². The Morgan fingerprint density at radius 3 is 2.55 bits per heavy atom. The summed E-state index contributed by atoms with van der Waals surface area (Å²) in [5.41, 5.74) is 5.81. The lowest BCUT2D eigenvalue weighted by molar-refractivity contribution is -0.0190. The lowest BCUT2D eigenvalue weighted by atomic mass is 9.95. The van der Waals surface area contributed by atoms with Crippen LogP contribution in [0.4, 0.5) is 0 Å². The van der Waals surface area contributed by atoms with Crippen molar-refractivity contribution < 1.29 is 4.74 Å². The Hall–Kier alpha value is -3.11. The summed E-state index contributed by atoms with van der Waals surface area (Å²) in [7, 11) is 0. The summed E-state index contributed by atoms with van der Waals surface area (Å²) in [4.78, 5) is 0. The highest BCUT2D eigenvalue weighted by molar-refractivity contribution is 9.10. The van der Waals surface area contributed by atoms with Crippen LogP contribution in [0, 0.1) is 6.92 Å². The van der Waals surface area contributed by atoms with Crippen LogP contribution in [-0.4, -0.2) is 10.7 Å². The monoisotopic (exact) mass is 468 g/mol. The molecule has 31 heavy (non-hydrogen) atoms. The van der Waals surface area contributed by atoms with Gasteiger partial charge in [-0.3, -0.25) is 0 Å². The van der Waals surface area contributed by atoms with Crippen LogP contribution in [0.15, 0.2) is 94.5 Å². The summed E-state index contributed by atoms with van der Waals surface area (Å²) in [6.45, 7) is 2.10. The topological polar surface area (TPSA) is 24.8 Å². The van der Waals surface area contributed by atoms with Crippen molar-refractivity contribution >= 4 is 32.4 Å². The first-order chi connectivity index (χ1) is 15.2. The maximum absolute atomic E-state index is 6.48. The normalized spacial score (nSPS) is 19.5. The number of fused-ring (bicyclic) bond motifs is 4. The van der Waals surface area contributed by atoms with Crippen molar-refractivity contribution in [1.82, 2.24) is 5.01 Å². The molecule has 0 aromatic heterocycles. The van der Waals surface area contributed by atoms with Crippen molar-refractivity contribution in [2.24, 2.45) is 5.10 Å². The highest BCUT2D eigenvalue weighted by Gasteiger charge is 2.41. The first kappa shape index (κ1) is 18.6. The smallest absolute Gasteiger partial charge is 0.213 e. The predicted octanol–water partition coefficient (Wildman–Crippen LogP) is 7.15. The quantitative estimate of drug-likeness (QED) is 0.311. The molecule has 2 aliphatic heterocycles. The van der Waals surface area contributed by atoms with E-state index in [1.165, 1.54) is 27.5 Å². The SMILES string of the molecule is Cc1ccc([C@H]2Oc3ccc(Br)cc3[C@H]3CC(c4ccc5ccccc5c4)=NN32)cc1. The van der Waals surface area contributed by atoms with Gasteiger partial charge in [0.2, 0.25) is 6.23 Å². The number of aryl methyl sites for hydroxylation is 1. The number of ether oxygens (including phenoxy) is 1. The van der Waals surface area contributed by atoms with Gasteiger partial charge in [0.1, 0.15) is 5.75 Å². The van der Waals surface area contributed by atoms with Crippen LogP contribution >= 0.6 is 15.9 Å². The Morgan fingerprint density at radius 2 is 1.71 bits per heavy atom. The van der Waals surface area contributed by atoms with Gasteiger partial charge < -0.3 is 4.74 Å². The molecule has 4 aromatic carbocycles. The lowest BCUT2D eigenvalue weighted by Crippen LogP contribution is -2.33. The van der Waals surface area contributed by atoms with Gasteiger partial charge in [-0.1, -0.05) is 82.2 Å². The average molecular weight is 469 g/mol. The molecule has 0 saturated carbocycles. The molecule has 0 fully saturated rings. The first-order valence-corrected chi connectivity index (χ1v) is 11.3. The maximum atomic E-state index is 6.48. The molecule has 3 nitrogen and oxygen atoms in total. The third-order valence-corrected chi connectivity index (χ3v) is 6.69. The number of halogens is 1. The van der Waals surface area contributed by atoms with Gasteiger partial charge in [0.25, 0.3) is 0 Å². The molecule has 0 bridgehead atoms. The van der Waals surface area contributed by atoms with Crippen LogP contribution in [0.25, 0.3) is 10.8 Å². The molecule has 0 N–H and O–H groups in total. The van der Waals surface area contributed by atoms with Crippen molar-refractivity contribution in [2.45, 2.75) is 25.6 Å².